The quantitative estimate of drug-likeness (QED) is 0.845. The summed E-state index contributed by atoms with van der Waals surface area (Å²) in [5, 5.41) is 0. The fourth-order valence-electron chi connectivity index (χ4n) is 2.37. The number of rotatable bonds is 4. The third-order valence-electron chi connectivity index (χ3n) is 3.25. The Bertz CT molecular complexity index is 349. The Balaban J connectivity index is 2.14. The van der Waals surface area contributed by atoms with Crippen molar-refractivity contribution >= 4 is 0 Å². The minimum Gasteiger partial charge on any atom is -0.490 e. The highest BCUT2D eigenvalue weighted by Crippen LogP contribution is 2.30. The van der Waals surface area contributed by atoms with Crippen molar-refractivity contribution < 1.29 is 4.74 Å². The molecule has 0 saturated carbocycles. The Morgan fingerprint density at radius 1 is 1.31 bits per heavy atom. The fourth-order valence-corrected chi connectivity index (χ4v) is 2.37. The van der Waals surface area contributed by atoms with Crippen molar-refractivity contribution in [1.29, 1.82) is 0 Å². The van der Waals surface area contributed by atoms with E-state index in [0.29, 0.717) is 6.54 Å². The van der Waals surface area contributed by atoms with Gasteiger partial charge in [-0.25, -0.2) is 0 Å². The lowest BCUT2D eigenvalue weighted by atomic mass is 9.91. The Hall–Kier alpha value is -1.02. The van der Waals surface area contributed by atoms with E-state index in [1.807, 2.05) is 0 Å². The van der Waals surface area contributed by atoms with Gasteiger partial charge in [-0.15, -0.1) is 0 Å². The van der Waals surface area contributed by atoms with Gasteiger partial charge in [0.25, 0.3) is 0 Å². The molecule has 0 bridgehead atoms. The first-order chi connectivity index (χ1) is 7.81. The normalized spacial score (nSPS) is 16.6. The van der Waals surface area contributed by atoms with Crippen LogP contribution in [-0.2, 0) is 12.8 Å². The van der Waals surface area contributed by atoms with Gasteiger partial charge in [0.05, 0.1) is 6.10 Å². The summed E-state index contributed by atoms with van der Waals surface area (Å²) in [6.45, 7) is 2.78. The zero-order valence-electron chi connectivity index (χ0n) is 10.0. The van der Waals surface area contributed by atoms with Crippen molar-refractivity contribution in [1.82, 2.24) is 0 Å². The Morgan fingerprint density at radius 2 is 2.12 bits per heavy atom. The number of hydrogen-bond donors (Lipinski definition) is 1. The smallest absolute Gasteiger partial charge is 0.123 e. The average Bonchev–Trinajstić information content (AvgIpc) is 2.30. The van der Waals surface area contributed by atoms with Gasteiger partial charge in [0.1, 0.15) is 5.75 Å². The van der Waals surface area contributed by atoms with E-state index in [1.165, 1.54) is 36.8 Å². The number of fused-ring (bicyclic) bond motifs is 1. The van der Waals surface area contributed by atoms with Gasteiger partial charge in [-0.2, -0.15) is 0 Å². The average molecular weight is 219 g/mol. The number of nitrogens with two attached hydrogens (primary N) is 1. The highest BCUT2D eigenvalue weighted by atomic mass is 16.5. The molecule has 16 heavy (non-hydrogen) atoms. The van der Waals surface area contributed by atoms with E-state index in [2.05, 4.69) is 25.1 Å². The highest BCUT2D eigenvalue weighted by Gasteiger charge is 2.14. The molecule has 1 aliphatic rings. The van der Waals surface area contributed by atoms with E-state index in [9.17, 15) is 0 Å². The third kappa shape index (κ3) is 2.56. The van der Waals surface area contributed by atoms with Crippen LogP contribution in [0.2, 0.25) is 0 Å². The maximum Gasteiger partial charge on any atom is 0.123 e. The summed E-state index contributed by atoms with van der Waals surface area (Å²) in [4.78, 5) is 0. The second-order valence-corrected chi connectivity index (χ2v) is 4.61. The largest absolute Gasteiger partial charge is 0.490 e. The molecule has 0 aromatic heterocycles. The van der Waals surface area contributed by atoms with Gasteiger partial charge in [-0.1, -0.05) is 12.1 Å². The van der Waals surface area contributed by atoms with E-state index >= 15 is 0 Å². The van der Waals surface area contributed by atoms with Crippen LogP contribution in [0.15, 0.2) is 18.2 Å². The Labute approximate surface area is 97.8 Å². The maximum atomic E-state index is 5.97. The zero-order valence-corrected chi connectivity index (χ0v) is 10.0. The number of hydrogen-bond acceptors (Lipinski definition) is 2. The topological polar surface area (TPSA) is 35.2 Å². The van der Waals surface area contributed by atoms with Crippen molar-refractivity contribution in [2.24, 2.45) is 5.73 Å². The maximum absolute atomic E-state index is 5.97. The highest BCUT2D eigenvalue weighted by molar-refractivity contribution is 5.41. The predicted octanol–water partition coefficient (Wildman–Crippen LogP) is 2.68. The molecular formula is C14H21NO. The monoisotopic (exact) mass is 219 g/mol. The van der Waals surface area contributed by atoms with Crippen LogP contribution in [-0.4, -0.2) is 12.6 Å². The summed E-state index contributed by atoms with van der Waals surface area (Å²) >= 11 is 0. The van der Waals surface area contributed by atoms with Crippen LogP contribution in [0.5, 0.6) is 5.75 Å². The molecule has 88 valence electrons. The lowest BCUT2D eigenvalue weighted by Gasteiger charge is -2.22. The summed E-state index contributed by atoms with van der Waals surface area (Å²) in [6, 6.07) is 6.43. The molecule has 0 aliphatic heterocycles. The van der Waals surface area contributed by atoms with E-state index < -0.39 is 0 Å². The van der Waals surface area contributed by atoms with Gasteiger partial charge in [-0.05, 0) is 62.8 Å². The van der Waals surface area contributed by atoms with Gasteiger partial charge in [0.15, 0.2) is 0 Å². The number of ether oxygens (including phenoxy) is 1. The second-order valence-electron chi connectivity index (χ2n) is 4.61. The van der Waals surface area contributed by atoms with Crippen molar-refractivity contribution in [2.75, 3.05) is 6.54 Å². The molecule has 2 rings (SSSR count). The number of benzene rings is 1. The molecule has 1 unspecified atom stereocenters. The molecule has 2 heteroatoms. The van der Waals surface area contributed by atoms with Gasteiger partial charge in [0.2, 0.25) is 0 Å². The second kappa shape index (κ2) is 5.35. The van der Waals surface area contributed by atoms with E-state index in [0.717, 1.165) is 12.2 Å². The molecule has 2 nitrogen and oxygen atoms in total. The van der Waals surface area contributed by atoms with E-state index in [4.69, 9.17) is 10.5 Å². The minimum absolute atomic E-state index is 0.221. The van der Waals surface area contributed by atoms with Gasteiger partial charge in [0, 0.05) is 0 Å². The molecule has 0 amide bonds. The van der Waals surface area contributed by atoms with Crippen LogP contribution < -0.4 is 10.5 Å². The lowest BCUT2D eigenvalue weighted by Crippen LogP contribution is -2.18. The minimum atomic E-state index is 0.221. The van der Waals surface area contributed by atoms with Crippen molar-refractivity contribution in [3.63, 3.8) is 0 Å². The molecule has 0 fully saturated rings. The molecule has 0 heterocycles. The van der Waals surface area contributed by atoms with Crippen LogP contribution >= 0.6 is 0 Å². The van der Waals surface area contributed by atoms with Crippen molar-refractivity contribution in [3.05, 3.63) is 29.3 Å². The van der Waals surface area contributed by atoms with Crippen LogP contribution in [0, 0.1) is 0 Å². The molecule has 0 spiro atoms. The SMILES string of the molecule is CC(CCN)Oc1cccc2c1CCCC2. The summed E-state index contributed by atoms with van der Waals surface area (Å²) in [7, 11) is 0. The predicted molar refractivity (Wildman–Crippen MR) is 66.8 cm³/mol. The molecule has 2 N–H and O–H groups in total. The van der Waals surface area contributed by atoms with E-state index in [1.54, 1.807) is 0 Å². The van der Waals surface area contributed by atoms with Crippen LogP contribution in [0.4, 0.5) is 0 Å². The summed E-state index contributed by atoms with van der Waals surface area (Å²) < 4.78 is 5.97. The summed E-state index contributed by atoms with van der Waals surface area (Å²) in [5.74, 6) is 1.08. The molecule has 0 saturated heterocycles. The Morgan fingerprint density at radius 3 is 2.94 bits per heavy atom. The summed E-state index contributed by atoms with van der Waals surface area (Å²) in [5.41, 5.74) is 8.44. The molecule has 1 aliphatic carbocycles. The molecule has 1 atom stereocenters. The van der Waals surface area contributed by atoms with Crippen molar-refractivity contribution in [3.8, 4) is 5.75 Å². The first kappa shape index (κ1) is 11.5. The standard InChI is InChI=1S/C14H21NO/c1-11(9-10-15)16-14-8-4-6-12-5-2-3-7-13(12)14/h4,6,8,11H,2-3,5,7,9-10,15H2,1H3. The molecule has 1 aromatic rings. The first-order valence-electron chi connectivity index (χ1n) is 6.28. The van der Waals surface area contributed by atoms with Gasteiger partial charge >= 0.3 is 0 Å². The van der Waals surface area contributed by atoms with Gasteiger partial charge < -0.3 is 10.5 Å². The summed E-state index contributed by atoms with van der Waals surface area (Å²) in [6.07, 6.45) is 6.12. The molecule has 1 aromatic carbocycles. The molecular weight excluding hydrogens is 198 g/mol. The van der Waals surface area contributed by atoms with Crippen LogP contribution in [0.3, 0.4) is 0 Å². The van der Waals surface area contributed by atoms with Crippen LogP contribution in [0.25, 0.3) is 0 Å². The fraction of sp³-hybridized carbons (Fsp3) is 0.571. The van der Waals surface area contributed by atoms with Crippen molar-refractivity contribution in [2.45, 2.75) is 45.1 Å². The lowest BCUT2D eigenvalue weighted by molar-refractivity contribution is 0.211. The molecule has 0 radical (unpaired) electrons. The first-order valence-corrected chi connectivity index (χ1v) is 6.28. The van der Waals surface area contributed by atoms with E-state index in [-0.39, 0.29) is 6.10 Å². The number of aryl methyl sites for hydroxylation is 1. The Kier molecular flexibility index (Phi) is 3.83. The third-order valence-corrected chi connectivity index (χ3v) is 3.25. The zero-order chi connectivity index (χ0) is 11.4. The van der Waals surface area contributed by atoms with Crippen LogP contribution in [0.1, 0.15) is 37.3 Å². The van der Waals surface area contributed by atoms with Gasteiger partial charge in [-0.3, -0.25) is 0 Å².